The molecule has 2 saturated heterocycles. The molecule has 30 heavy (non-hydrogen) atoms. The zero-order chi connectivity index (χ0) is 20.8. The van der Waals surface area contributed by atoms with Crippen molar-refractivity contribution in [3.8, 4) is 0 Å². The summed E-state index contributed by atoms with van der Waals surface area (Å²) in [7, 11) is 0. The van der Waals surface area contributed by atoms with E-state index in [9.17, 15) is 18.4 Å². The SMILES string of the molecule is O=C1[C@@H]2[C@H](ON(c3ccccc3)[C@H]2c2cccc(F)c2)C(=O)N1c1ccc(F)cc1. The molecule has 0 bridgehead atoms. The van der Waals surface area contributed by atoms with E-state index >= 15 is 0 Å². The third-order valence-corrected chi connectivity index (χ3v) is 5.40. The summed E-state index contributed by atoms with van der Waals surface area (Å²) in [6.07, 6.45) is -1.06. The molecule has 0 saturated carbocycles. The molecule has 5 nitrogen and oxygen atoms in total. The fraction of sp³-hybridized carbons (Fsp3) is 0.130. The smallest absolute Gasteiger partial charge is 0.266 e. The Kier molecular flexibility index (Phi) is 4.33. The average Bonchev–Trinajstić information content (AvgIpc) is 3.26. The average molecular weight is 406 g/mol. The van der Waals surface area contributed by atoms with E-state index in [1.54, 1.807) is 24.3 Å². The van der Waals surface area contributed by atoms with Crippen molar-refractivity contribution in [2.45, 2.75) is 12.1 Å². The number of halogens is 2. The van der Waals surface area contributed by atoms with Gasteiger partial charge < -0.3 is 0 Å². The van der Waals surface area contributed by atoms with Gasteiger partial charge in [0.25, 0.3) is 5.91 Å². The van der Waals surface area contributed by atoms with Crippen LogP contribution in [0.1, 0.15) is 11.6 Å². The molecule has 0 aliphatic carbocycles. The largest absolute Gasteiger partial charge is 0.273 e. The van der Waals surface area contributed by atoms with Gasteiger partial charge in [-0.2, -0.15) is 0 Å². The van der Waals surface area contributed by atoms with Gasteiger partial charge in [-0.05, 0) is 54.1 Å². The lowest BCUT2D eigenvalue weighted by molar-refractivity contribution is -0.126. The topological polar surface area (TPSA) is 49.9 Å². The van der Waals surface area contributed by atoms with Gasteiger partial charge in [-0.25, -0.2) is 18.7 Å². The van der Waals surface area contributed by atoms with Crippen LogP contribution in [0.5, 0.6) is 0 Å². The molecule has 2 heterocycles. The number of hydroxylamine groups is 1. The standard InChI is InChI=1S/C23H16F2N2O3/c24-15-9-11-17(12-10-15)26-22(28)19-20(14-5-4-6-16(25)13-14)27(30-21(19)23(26)29)18-7-2-1-3-8-18/h1-13,19-21H/t19-,20-,21-/m0/s1. The number of hydrogen-bond donors (Lipinski definition) is 0. The van der Waals surface area contributed by atoms with E-state index in [1.165, 1.54) is 41.5 Å². The zero-order valence-electron chi connectivity index (χ0n) is 15.6. The summed E-state index contributed by atoms with van der Waals surface area (Å²) < 4.78 is 27.3. The Bertz CT molecular complexity index is 1120. The van der Waals surface area contributed by atoms with Gasteiger partial charge in [0.1, 0.15) is 17.6 Å². The normalized spacial score (nSPS) is 23.2. The van der Waals surface area contributed by atoms with Gasteiger partial charge in [0.05, 0.1) is 17.4 Å². The molecule has 2 aliphatic rings. The lowest BCUT2D eigenvalue weighted by atomic mass is 9.90. The van der Waals surface area contributed by atoms with Crippen molar-refractivity contribution in [3.05, 3.63) is 96.1 Å². The lowest BCUT2D eigenvalue weighted by Crippen LogP contribution is -2.37. The van der Waals surface area contributed by atoms with Crippen LogP contribution in [0.15, 0.2) is 78.9 Å². The highest BCUT2D eigenvalue weighted by molar-refractivity contribution is 6.23. The molecular formula is C23H16F2N2O3. The van der Waals surface area contributed by atoms with Crippen LogP contribution in [0, 0.1) is 17.6 Å². The fourth-order valence-corrected chi connectivity index (χ4v) is 4.09. The van der Waals surface area contributed by atoms with Crippen molar-refractivity contribution >= 4 is 23.2 Å². The van der Waals surface area contributed by atoms with E-state index in [4.69, 9.17) is 4.84 Å². The highest BCUT2D eigenvalue weighted by atomic mass is 19.1. The number of benzene rings is 3. The Morgan fingerprint density at radius 1 is 0.733 bits per heavy atom. The van der Waals surface area contributed by atoms with Gasteiger partial charge in [-0.1, -0.05) is 30.3 Å². The predicted octanol–water partition coefficient (Wildman–Crippen LogP) is 4.02. The van der Waals surface area contributed by atoms with E-state index in [0.717, 1.165) is 4.90 Å². The quantitative estimate of drug-likeness (QED) is 0.617. The van der Waals surface area contributed by atoms with Crippen LogP contribution in [0.25, 0.3) is 0 Å². The maximum Gasteiger partial charge on any atom is 0.266 e. The third-order valence-electron chi connectivity index (χ3n) is 5.40. The minimum Gasteiger partial charge on any atom is -0.273 e. The Morgan fingerprint density at radius 3 is 2.17 bits per heavy atom. The molecule has 3 aromatic carbocycles. The van der Waals surface area contributed by atoms with Crippen molar-refractivity contribution in [1.29, 1.82) is 0 Å². The summed E-state index contributed by atoms with van der Waals surface area (Å²) >= 11 is 0. The summed E-state index contributed by atoms with van der Waals surface area (Å²) in [5.41, 5.74) is 1.44. The molecule has 7 heteroatoms. The molecule has 5 rings (SSSR count). The molecule has 3 atom stereocenters. The molecule has 2 fully saturated rings. The molecular weight excluding hydrogens is 390 g/mol. The first-order valence-corrected chi connectivity index (χ1v) is 9.44. The van der Waals surface area contributed by atoms with Crippen LogP contribution in [-0.2, 0) is 14.4 Å². The molecule has 2 amide bonds. The second-order valence-corrected chi connectivity index (χ2v) is 7.20. The lowest BCUT2D eigenvalue weighted by Gasteiger charge is -2.28. The van der Waals surface area contributed by atoms with Crippen molar-refractivity contribution in [2.24, 2.45) is 5.92 Å². The highest BCUT2D eigenvalue weighted by Crippen LogP contribution is 2.47. The highest BCUT2D eigenvalue weighted by Gasteiger charge is 2.60. The van der Waals surface area contributed by atoms with E-state index in [2.05, 4.69) is 0 Å². The molecule has 3 aromatic rings. The number of anilines is 2. The molecule has 0 N–H and O–H groups in total. The van der Waals surface area contributed by atoms with Crippen molar-refractivity contribution < 1.29 is 23.2 Å². The van der Waals surface area contributed by atoms with E-state index < -0.39 is 41.5 Å². The van der Waals surface area contributed by atoms with Crippen molar-refractivity contribution in [1.82, 2.24) is 0 Å². The second kappa shape index (κ2) is 7.03. The first-order chi connectivity index (χ1) is 14.5. The van der Waals surface area contributed by atoms with Crippen LogP contribution in [0.4, 0.5) is 20.2 Å². The Hall–Kier alpha value is -3.58. The molecule has 150 valence electrons. The number of nitrogens with zero attached hydrogens (tertiary/aromatic N) is 2. The van der Waals surface area contributed by atoms with E-state index in [1.807, 2.05) is 18.2 Å². The van der Waals surface area contributed by atoms with Crippen LogP contribution >= 0.6 is 0 Å². The Labute approximate surface area is 171 Å². The summed E-state index contributed by atoms with van der Waals surface area (Å²) in [5.74, 6) is -2.79. The molecule has 0 radical (unpaired) electrons. The maximum atomic E-state index is 14.0. The van der Waals surface area contributed by atoms with E-state index in [-0.39, 0.29) is 5.69 Å². The zero-order valence-corrected chi connectivity index (χ0v) is 15.6. The summed E-state index contributed by atoms with van der Waals surface area (Å²) in [5, 5.41) is 1.50. The number of hydrogen-bond acceptors (Lipinski definition) is 4. The Balaban J connectivity index is 1.59. The molecule has 2 aliphatic heterocycles. The molecule has 0 aromatic heterocycles. The summed E-state index contributed by atoms with van der Waals surface area (Å²) in [4.78, 5) is 33.4. The van der Waals surface area contributed by atoms with Gasteiger partial charge in [0.2, 0.25) is 5.91 Å². The predicted molar refractivity (Wildman–Crippen MR) is 105 cm³/mol. The molecule has 0 spiro atoms. The minimum absolute atomic E-state index is 0.272. The first kappa shape index (κ1) is 18.4. The number of imide groups is 1. The van der Waals surface area contributed by atoms with Gasteiger partial charge in [0.15, 0.2) is 6.10 Å². The van der Waals surface area contributed by atoms with Gasteiger partial charge >= 0.3 is 0 Å². The first-order valence-electron chi connectivity index (χ1n) is 9.44. The van der Waals surface area contributed by atoms with Crippen LogP contribution in [0.2, 0.25) is 0 Å². The number of rotatable bonds is 3. The number of carbonyl (C=O) groups excluding carboxylic acids is 2. The van der Waals surface area contributed by atoms with Crippen molar-refractivity contribution in [3.63, 3.8) is 0 Å². The van der Waals surface area contributed by atoms with E-state index in [0.29, 0.717) is 11.3 Å². The molecule has 0 unspecified atom stereocenters. The Morgan fingerprint density at radius 2 is 1.47 bits per heavy atom. The third kappa shape index (κ3) is 2.86. The monoisotopic (exact) mass is 406 g/mol. The summed E-state index contributed by atoms with van der Waals surface area (Å²) in [6.45, 7) is 0. The van der Waals surface area contributed by atoms with Gasteiger partial charge in [-0.15, -0.1) is 0 Å². The second-order valence-electron chi connectivity index (χ2n) is 7.20. The number of fused-ring (bicyclic) bond motifs is 1. The fourth-order valence-electron chi connectivity index (χ4n) is 4.09. The van der Waals surface area contributed by atoms with Crippen LogP contribution in [0.3, 0.4) is 0 Å². The summed E-state index contributed by atoms with van der Waals surface area (Å²) in [6, 6.07) is 19.4. The van der Waals surface area contributed by atoms with Crippen molar-refractivity contribution in [2.75, 3.05) is 9.96 Å². The number of carbonyl (C=O) groups is 2. The van der Waals surface area contributed by atoms with Crippen LogP contribution in [-0.4, -0.2) is 17.9 Å². The van der Waals surface area contributed by atoms with Gasteiger partial charge in [0, 0.05) is 0 Å². The maximum absolute atomic E-state index is 14.0. The van der Waals surface area contributed by atoms with Gasteiger partial charge in [-0.3, -0.25) is 14.4 Å². The number of amides is 2. The minimum atomic E-state index is -1.06. The number of para-hydroxylation sites is 1. The van der Waals surface area contributed by atoms with Crippen LogP contribution < -0.4 is 9.96 Å².